The minimum Gasteiger partial charge on any atom is -0.481 e. The molecule has 1 aromatic rings. The van der Waals surface area contributed by atoms with Crippen LogP contribution in [0, 0.1) is 11.8 Å². The number of rotatable bonds is 2. The number of aliphatic carboxylic acids is 1. The summed E-state index contributed by atoms with van der Waals surface area (Å²) < 4.78 is 0. The molecule has 0 aliphatic rings. The van der Waals surface area contributed by atoms with E-state index in [2.05, 4.69) is 16.8 Å². The molecule has 0 aliphatic carbocycles. The topological polar surface area (TPSA) is 96.4 Å². The maximum absolute atomic E-state index is 10.2. The Balaban J connectivity index is 2.85. The van der Waals surface area contributed by atoms with Gasteiger partial charge in [0.15, 0.2) is 0 Å². The molecule has 0 amide bonds. The summed E-state index contributed by atoms with van der Waals surface area (Å²) in [6.07, 6.45) is 1.21. The number of hydrogen-bond donors (Lipinski definition) is 3. The Hall–Kier alpha value is -2.06. The smallest absolute Gasteiger partial charge is 0.315 e. The van der Waals surface area contributed by atoms with Crippen LogP contribution in [0.1, 0.15) is 17.5 Å². The average molecular weight is 206 g/mol. The number of carbonyl (C=O) groups is 1. The van der Waals surface area contributed by atoms with E-state index in [1.807, 2.05) is 0 Å². The molecule has 0 atom stereocenters. The first-order valence-electron chi connectivity index (χ1n) is 4.19. The average Bonchev–Trinajstić information content (AvgIpc) is 2.20. The summed E-state index contributed by atoms with van der Waals surface area (Å²) in [5.74, 6) is 4.35. The van der Waals surface area contributed by atoms with Crippen molar-refractivity contribution in [3.63, 3.8) is 0 Å². The molecule has 78 valence electrons. The summed E-state index contributed by atoms with van der Waals surface area (Å²) in [7, 11) is 0. The van der Waals surface area contributed by atoms with Gasteiger partial charge >= 0.3 is 5.97 Å². The second-order valence-corrected chi connectivity index (χ2v) is 2.80. The SMILES string of the molecule is Nc1ncc(C#CCC(=O)O)cc1CO. The number of anilines is 1. The first-order chi connectivity index (χ1) is 7.13. The van der Waals surface area contributed by atoms with Gasteiger partial charge in [0.1, 0.15) is 12.2 Å². The van der Waals surface area contributed by atoms with Gasteiger partial charge in [0.05, 0.1) is 6.61 Å². The van der Waals surface area contributed by atoms with Crippen LogP contribution in [-0.2, 0) is 11.4 Å². The molecule has 0 aliphatic heterocycles. The lowest BCUT2D eigenvalue weighted by Gasteiger charge is -2.00. The van der Waals surface area contributed by atoms with Gasteiger partial charge in [0.25, 0.3) is 0 Å². The largest absolute Gasteiger partial charge is 0.481 e. The van der Waals surface area contributed by atoms with Crippen molar-refractivity contribution >= 4 is 11.8 Å². The number of nitrogen functional groups attached to an aromatic ring is 1. The number of nitrogens with zero attached hydrogens (tertiary/aromatic N) is 1. The molecule has 0 aromatic carbocycles. The quantitative estimate of drug-likeness (QED) is 0.591. The fourth-order valence-electron chi connectivity index (χ4n) is 0.938. The third-order valence-electron chi connectivity index (χ3n) is 1.64. The highest BCUT2D eigenvalue weighted by atomic mass is 16.4. The highest BCUT2D eigenvalue weighted by Gasteiger charge is 1.99. The fourth-order valence-corrected chi connectivity index (χ4v) is 0.938. The monoisotopic (exact) mass is 206 g/mol. The van der Waals surface area contributed by atoms with Crippen molar-refractivity contribution in [2.75, 3.05) is 5.73 Å². The number of carboxylic acids is 1. The van der Waals surface area contributed by atoms with Gasteiger partial charge in [-0.15, -0.1) is 0 Å². The van der Waals surface area contributed by atoms with Gasteiger partial charge in [0.2, 0.25) is 0 Å². The zero-order valence-electron chi connectivity index (χ0n) is 7.90. The van der Waals surface area contributed by atoms with E-state index >= 15 is 0 Å². The Morgan fingerprint density at radius 1 is 1.60 bits per heavy atom. The van der Waals surface area contributed by atoms with Crippen LogP contribution in [0.25, 0.3) is 0 Å². The van der Waals surface area contributed by atoms with Gasteiger partial charge in [-0.1, -0.05) is 11.8 Å². The Labute approximate surface area is 86.6 Å². The highest BCUT2D eigenvalue weighted by molar-refractivity contribution is 5.70. The van der Waals surface area contributed by atoms with Crippen molar-refractivity contribution in [1.29, 1.82) is 0 Å². The number of hydrogen-bond acceptors (Lipinski definition) is 4. The predicted molar refractivity (Wildman–Crippen MR) is 53.7 cm³/mol. The van der Waals surface area contributed by atoms with Crippen molar-refractivity contribution < 1.29 is 15.0 Å². The molecule has 0 unspecified atom stereocenters. The standard InChI is InChI=1S/C10H10N2O3/c11-10-8(6-13)4-7(5-12-10)2-1-3-9(14)15/h4-5,13H,3,6H2,(H2,11,12)(H,14,15). The lowest BCUT2D eigenvalue weighted by molar-refractivity contribution is -0.135. The van der Waals surface area contributed by atoms with Crippen molar-refractivity contribution in [3.8, 4) is 11.8 Å². The lowest BCUT2D eigenvalue weighted by Crippen LogP contribution is -1.98. The number of pyridine rings is 1. The number of aromatic nitrogens is 1. The molecule has 1 heterocycles. The third kappa shape index (κ3) is 3.29. The number of aliphatic hydroxyl groups is 1. The van der Waals surface area contributed by atoms with E-state index in [1.165, 1.54) is 6.20 Å². The first kappa shape index (κ1) is 11.0. The van der Waals surface area contributed by atoms with Crippen molar-refractivity contribution in [3.05, 3.63) is 23.4 Å². The molecule has 5 nitrogen and oxygen atoms in total. The number of aliphatic hydroxyl groups excluding tert-OH is 1. The zero-order chi connectivity index (χ0) is 11.3. The van der Waals surface area contributed by atoms with Crippen molar-refractivity contribution in [2.24, 2.45) is 0 Å². The van der Waals surface area contributed by atoms with E-state index in [4.69, 9.17) is 15.9 Å². The first-order valence-corrected chi connectivity index (χ1v) is 4.19. The lowest BCUT2D eigenvalue weighted by atomic mass is 10.2. The summed E-state index contributed by atoms with van der Waals surface area (Å²) in [4.78, 5) is 14.0. The van der Waals surface area contributed by atoms with Gasteiger partial charge in [0, 0.05) is 17.3 Å². The van der Waals surface area contributed by atoms with Crippen molar-refractivity contribution in [2.45, 2.75) is 13.0 Å². The molecule has 1 aromatic heterocycles. The molecule has 0 saturated carbocycles. The van der Waals surface area contributed by atoms with E-state index < -0.39 is 5.97 Å². The Bertz CT molecular complexity index is 432. The van der Waals surface area contributed by atoms with Gasteiger partial charge in [-0.2, -0.15) is 0 Å². The summed E-state index contributed by atoms with van der Waals surface area (Å²) in [5, 5.41) is 17.3. The van der Waals surface area contributed by atoms with Crippen LogP contribution >= 0.6 is 0 Å². The second kappa shape index (κ2) is 4.98. The highest BCUT2D eigenvalue weighted by Crippen LogP contribution is 2.09. The molecule has 4 N–H and O–H groups in total. The summed E-state index contributed by atoms with van der Waals surface area (Å²) in [6.45, 7) is -0.215. The minimum atomic E-state index is -0.978. The van der Waals surface area contributed by atoms with Gasteiger partial charge in [-0.05, 0) is 6.07 Å². The van der Waals surface area contributed by atoms with E-state index in [0.29, 0.717) is 11.1 Å². The Kier molecular flexibility index (Phi) is 3.66. The molecule has 0 saturated heterocycles. The molecule has 15 heavy (non-hydrogen) atoms. The molecule has 0 fully saturated rings. The van der Waals surface area contributed by atoms with Crippen LogP contribution < -0.4 is 5.73 Å². The predicted octanol–water partition coefficient (Wildman–Crippen LogP) is -0.0177. The molecular weight excluding hydrogens is 196 g/mol. The van der Waals surface area contributed by atoms with E-state index in [9.17, 15) is 4.79 Å². The summed E-state index contributed by atoms with van der Waals surface area (Å²) in [6, 6.07) is 1.58. The van der Waals surface area contributed by atoms with Crippen molar-refractivity contribution in [1.82, 2.24) is 4.98 Å². The number of nitrogens with two attached hydrogens (primary N) is 1. The molecule has 5 heteroatoms. The fraction of sp³-hybridized carbons (Fsp3) is 0.200. The van der Waals surface area contributed by atoms with Crippen LogP contribution in [0.5, 0.6) is 0 Å². The summed E-state index contributed by atoms with van der Waals surface area (Å²) in [5.41, 5.74) is 6.48. The van der Waals surface area contributed by atoms with Crippen LogP contribution in [0.3, 0.4) is 0 Å². The Morgan fingerprint density at radius 2 is 2.33 bits per heavy atom. The maximum atomic E-state index is 10.2. The third-order valence-corrected chi connectivity index (χ3v) is 1.64. The molecule has 0 bridgehead atoms. The second-order valence-electron chi connectivity index (χ2n) is 2.80. The maximum Gasteiger partial charge on any atom is 0.315 e. The zero-order valence-corrected chi connectivity index (χ0v) is 7.90. The normalized spacial score (nSPS) is 9.13. The van der Waals surface area contributed by atoms with E-state index in [0.717, 1.165) is 0 Å². The molecular formula is C10H10N2O3. The molecule has 0 radical (unpaired) electrons. The molecule has 1 rings (SSSR count). The van der Waals surface area contributed by atoms with E-state index in [1.54, 1.807) is 6.07 Å². The van der Waals surface area contributed by atoms with Crippen LogP contribution in [0.4, 0.5) is 5.82 Å². The summed E-state index contributed by atoms with van der Waals surface area (Å²) >= 11 is 0. The molecule has 0 spiro atoms. The van der Waals surface area contributed by atoms with Crippen LogP contribution in [-0.4, -0.2) is 21.2 Å². The van der Waals surface area contributed by atoms with Gasteiger partial charge in [-0.25, -0.2) is 4.98 Å². The number of carboxylic acid groups (broad SMARTS) is 1. The van der Waals surface area contributed by atoms with E-state index in [-0.39, 0.29) is 18.8 Å². The van der Waals surface area contributed by atoms with Crippen LogP contribution in [0.2, 0.25) is 0 Å². The van der Waals surface area contributed by atoms with Crippen LogP contribution in [0.15, 0.2) is 12.3 Å². The van der Waals surface area contributed by atoms with Gasteiger partial charge in [-0.3, -0.25) is 4.79 Å². The minimum absolute atomic E-state index is 0.215. The van der Waals surface area contributed by atoms with Gasteiger partial charge < -0.3 is 15.9 Å². The Morgan fingerprint density at radius 3 is 2.93 bits per heavy atom.